The summed E-state index contributed by atoms with van der Waals surface area (Å²) in [6.45, 7) is 2.83. The van der Waals surface area contributed by atoms with E-state index in [1.165, 1.54) is 0 Å². The summed E-state index contributed by atoms with van der Waals surface area (Å²) in [4.78, 5) is 2.23. The Kier molecular flexibility index (Phi) is 2.17. The molecule has 1 aromatic heterocycles. The molecule has 2 heterocycles. The van der Waals surface area contributed by atoms with Crippen molar-refractivity contribution < 1.29 is 0 Å². The van der Waals surface area contributed by atoms with Gasteiger partial charge < -0.3 is 10.6 Å². The molecule has 0 radical (unpaired) electrons. The maximum Gasteiger partial charge on any atom is 0.164 e. The van der Waals surface area contributed by atoms with E-state index >= 15 is 0 Å². The van der Waals surface area contributed by atoms with Gasteiger partial charge in [0.05, 0.1) is 5.69 Å². The number of nitrogens with two attached hydrogens (primary N) is 1. The molecule has 72 valence electrons. The second kappa shape index (κ2) is 3.20. The largest absolute Gasteiger partial charge is 0.381 e. The lowest BCUT2D eigenvalue weighted by molar-refractivity contribution is 0.332. The fourth-order valence-electron chi connectivity index (χ4n) is 1.66. The number of halogens is 1. The highest BCUT2D eigenvalue weighted by Gasteiger charge is 2.18. The van der Waals surface area contributed by atoms with E-state index in [0.29, 0.717) is 10.8 Å². The van der Waals surface area contributed by atoms with Crippen LogP contribution in [0.2, 0.25) is 5.02 Å². The summed E-state index contributed by atoms with van der Waals surface area (Å²) in [5.74, 6) is 0.451. The van der Waals surface area contributed by atoms with Crippen LogP contribution in [0.5, 0.6) is 0 Å². The zero-order valence-electron chi connectivity index (χ0n) is 7.63. The summed E-state index contributed by atoms with van der Waals surface area (Å²) in [6.07, 6.45) is 1.10. The first-order chi connectivity index (χ1) is 6.18. The van der Waals surface area contributed by atoms with Crippen LogP contribution in [0, 0.1) is 0 Å². The number of aromatic nitrogens is 2. The van der Waals surface area contributed by atoms with E-state index in [9.17, 15) is 0 Å². The molecule has 0 aliphatic carbocycles. The van der Waals surface area contributed by atoms with Gasteiger partial charge in [-0.3, -0.25) is 4.68 Å². The molecule has 5 heteroatoms. The number of hydrogen-bond acceptors (Lipinski definition) is 3. The lowest BCUT2D eigenvalue weighted by Crippen LogP contribution is -2.17. The molecule has 0 spiro atoms. The van der Waals surface area contributed by atoms with E-state index in [1.54, 1.807) is 0 Å². The van der Waals surface area contributed by atoms with E-state index in [2.05, 4.69) is 17.0 Å². The van der Waals surface area contributed by atoms with Crippen molar-refractivity contribution in [2.24, 2.45) is 0 Å². The Morgan fingerprint density at radius 2 is 2.23 bits per heavy atom. The molecule has 0 atom stereocenters. The van der Waals surface area contributed by atoms with Crippen molar-refractivity contribution in [3.05, 3.63) is 10.7 Å². The van der Waals surface area contributed by atoms with Crippen LogP contribution in [0.15, 0.2) is 0 Å². The van der Waals surface area contributed by atoms with Gasteiger partial charge in [0.1, 0.15) is 5.02 Å². The van der Waals surface area contributed by atoms with Crippen LogP contribution in [-0.2, 0) is 13.1 Å². The molecular formula is C8H13ClN4. The number of hydrogen-bond donors (Lipinski definition) is 1. The Morgan fingerprint density at radius 3 is 3.00 bits per heavy atom. The smallest absolute Gasteiger partial charge is 0.164 e. The number of nitrogens with zero attached hydrogens (tertiary/aromatic N) is 3. The molecule has 1 aromatic rings. The zero-order valence-corrected chi connectivity index (χ0v) is 8.38. The van der Waals surface area contributed by atoms with Crippen LogP contribution in [0.3, 0.4) is 0 Å². The third-order valence-corrected chi connectivity index (χ3v) is 2.76. The van der Waals surface area contributed by atoms with Crippen molar-refractivity contribution in [1.82, 2.24) is 14.7 Å². The minimum absolute atomic E-state index is 0.451. The molecule has 0 saturated heterocycles. The van der Waals surface area contributed by atoms with Crippen LogP contribution in [0.1, 0.15) is 12.1 Å². The minimum Gasteiger partial charge on any atom is -0.381 e. The van der Waals surface area contributed by atoms with Gasteiger partial charge in [-0.2, -0.15) is 5.10 Å². The normalized spacial score (nSPS) is 18.3. The first-order valence-electron chi connectivity index (χ1n) is 4.37. The summed E-state index contributed by atoms with van der Waals surface area (Å²) in [7, 11) is 2.08. The first kappa shape index (κ1) is 8.84. The fourth-order valence-corrected chi connectivity index (χ4v) is 1.85. The zero-order chi connectivity index (χ0) is 9.42. The monoisotopic (exact) mass is 200 g/mol. The highest BCUT2D eigenvalue weighted by atomic mass is 35.5. The van der Waals surface area contributed by atoms with E-state index in [1.807, 2.05) is 4.68 Å². The summed E-state index contributed by atoms with van der Waals surface area (Å²) in [6, 6.07) is 0. The Hall–Kier alpha value is -0.740. The Morgan fingerprint density at radius 1 is 1.46 bits per heavy atom. The molecule has 0 fully saturated rings. The maximum atomic E-state index is 6.03. The van der Waals surface area contributed by atoms with Crippen molar-refractivity contribution in [1.29, 1.82) is 0 Å². The van der Waals surface area contributed by atoms with Crippen molar-refractivity contribution in [3.63, 3.8) is 0 Å². The molecule has 2 N–H and O–H groups in total. The number of fused-ring (bicyclic) bond motifs is 1. The Bertz CT molecular complexity index is 320. The molecule has 1 aliphatic rings. The van der Waals surface area contributed by atoms with Gasteiger partial charge in [-0.1, -0.05) is 11.6 Å². The molecule has 0 unspecified atom stereocenters. The van der Waals surface area contributed by atoms with Crippen LogP contribution >= 0.6 is 11.6 Å². The van der Waals surface area contributed by atoms with Crippen LogP contribution in [-0.4, -0.2) is 28.3 Å². The van der Waals surface area contributed by atoms with Gasteiger partial charge in [-0.05, 0) is 13.5 Å². The standard InChI is InChI=1S/C8H13ClN4/c1-12-3-2-4-13-6(5-12)7(9)8(10)11-13/h2-5H2,1H3,(H2,10,11). The number of anilines is 1. The SMILES string of the molecule is CN1CCCn2nc(N)c(Cl)c2C1. The predicted molar refractivity (Wildman–Crippen MR) is 52.6 cm³/mol. The lowest BCUT2D eigenvalue weighted by atomic mass is 10.4. The second-order valence-electron chi connectivity index (χ2n) is 3.46. The van der Waals surface area contributed by atoms with Crippen LogP contribution < -0.4 is 5.73 Å². The third-order valence-electron chi connectivity index (χ3n) is 2.35. The predicted octanol–water partition coefficient (Wildman–Crippen LogP) is 0.954. The summed E-state index contributed by atoms with van der Waals surface area (Å²) in [5.41, 5.74) is 6.68. The van der Waals surface area contributed by atoms with Gasteiger partial charge >= 0.3 is 0 Å². The van der Waals surface area contributed by atoms with E-state index in [4.69, 9.17) is 17.3 Å². The van der Waals surface area contributed by atoms with Gasteiger partial charge in [-0.15, -0.1) is 0 Å². The number of nitrogen functional groups attached to an aromatic ring is 1. The fraction of sp³-hybridized carbons (Fsp3) is 0.625. The third kappa shape index (κ3) is 1.51. The quantitative estimate of drug-likeness (QED) is 0.679. The van der Waals surface area contributed by atoms with Crippen LogP contribution in [0.25, 0.3) is 0 Å². The summed E-state index contributed by atoms with van der Waals surface area (Å²) < 4.78 is 1.92. The first-order valence-corrected chi connectivity index (χ1v) is 4.75. The molecule has 13 heavy (non-hydrogen) atoms. The molecule has 0 saturated carbocycles. The highest BCUT2D eigenvalue weighted by Crippen LogP contribution is 2.25. The van der Waals surface area contributed by atoms with E-state index in [-0.39, 0.29) is 0 Å². The average Bonchev–Trinajstić information content (AvgIpc) is 2.29. The van der Waals surface area contributed by atoms with Gasteiger partial charge in [0, 0.05) is 19.6 Å². The minimum atomic E-state index is 0.451. The molecule has 0 bridgehead atoms. The molecule has 4 nitrogen and oxygen atoms in total. The van der Waals surface area contributed by atoms with E-state index in [0.717, 1.165) is 31.7 Å². The van der Waals surface area contributed by atoms with Gasteiger partial charge in [0.25, 0.3) is 0 Å². The highest BCUT2D eigenvalue weighted by molar-refractivity contribution is 6.33. The molecule has 2 rings (SSSR count). The van der Waals surface area contributed by atoms with Crippen LogP contribution in [0.4, 0.5) is 5.82 Å². The lowest BCUT2D eigenvalue weighted by Gasteiger charge is -2.11. The van der Waals surface area contributed by atoms with Gasteiger partial charge in [0.15, 0.2) is 5.82 Å². The molecule has 0 amide bonds. The van der Waals surface area contributed by atoms with Gasteiger partial charge in [-0.25, -0.2) is 0 Å². The maximum absolute atomic E-state index is 6.03. The van der Waals surface area contributed by atoms with Gasteiger partial charge in [0.2, 0.25) is 0 Å². The number of rotatable bonds is 0. The summed E-state index contributed by atoms with van der Waals surface area (Å²) in [5, 5.41) is 4.80. The van der Waals surface area contributed by atoms with Crippen molar-refractivity contribution in [2.45, 2.75) is 19.5 Å². The summed E-state index contributed by atoms with van der Waals surface area (Å²) >= 11 is 6.03. The average molecular weight is 201 g/mol. The topological polar surface area (TPSA) is 47.1 Å². The molecular weight excluding hydrogens is 188 g/mol. The number of aryl methyl sites for hydroxylation is 1. The van der Waals surface area contributed by atoms with Crippen molar-refractivity contribution in [2.75, 3.05) is 19.3 Å². The van der Waals surface area contributed by atoms with Crippen molar-refractivity contribution in [3.8, 4) is 0 Å². The molecule has 0 aromatic carbocycles. The van der Waals surface area contributed by atoms with E-state index < -0.39 is 0 Å². The molecule has 1 aliphatic heterocycles. The van der Waals surface area contributed by atoms with Crippen molar-refractivity contribution >= 4 is 17.4 Å². The Labute approximate surface area is 82.3 Å². The second-order valence-corrected chi connectivity index (χ2v) is 3.84. The Balaban J connectivity index is 2.40.